The van der Waals surface area contributed by atoms with Gasteiger partial charge < -0.3 is 16.0 Å². The first kappa shape index (κ1) is 20.8. The lowest BCUT2D eigenvalue weighted by Crippen LogP contribution is -2.42. The monoisotopic (exact) mass is 410 g/mol. The van der Waals surface area contributed by atoms with Crippen LogP contribution in [-0.4, -0.2) is 41.7 Å². The number of halogens is 3. The molecule has 29 heavy (non-hydrogen) atoms. The Hall–Kier alpha value is -2.96. The molecule has 0 radical (unpaired) electrons. The van der Waals surface area contributed by atoms with E-state index in [0.29, 0.717) is 31.5 Å². The van der Waals surface area contributed by atoms with Crippen molar-refractivity contribution < 1.29 is 22.8 Å². The van der Waals surface area contributed by atoms with Crippen molar-refractivity contribution in [3.8, 4) is 12.3 Å². The van der Waals surface area contributed by atoms with Gasteiger partial charge in [-0.3, -0.25) is 19.0 Å². The smallest absolute Gasteiger partial charge is 0.372 e. The second kappa shape index (κ2) is 8.19. The molecule has 3 unspecified atom stereocenters. The van der Waals surface area contributed by atoms with Gasteiger partial charge in [0.25, 0.3) is 5.56 Å². The number of pyridine rings is 1. The van der Waals surface area contributed by atoms with Crippen LogP contribution in [0.5, 0.6) is 0 Å². The van der Waals surface area contributed by atoms with Crippen molar-refractivity contribution in [3.05, 3.63) is 28.2 Å². The summed E-state index contributed by atoms with van der Waals surface area (Å²) in [5.74, 6) is 1.58. The van der Waals surface area contributed by atoms with Gasteiger partial charge in [0, 0.05) is 18.2 Å². The summed E-state index contributed by atoms with van der Waals surface area (Å²) in [5, 5.41) is 7.47. The highest BCUT2D eigenvalue weighted by atomic mass is 19.4. The van der Waals surface area contributed by atoms with Crippen molar-refractivity contribution >= 4 is 17.5 Å². The normalized spacial score (nSPS) is 21.8. The van der Waals surface area contributed by atoms with Crippen LogP contribution in [0.4, 0.5) is 18.9 Å². The highest BCUT2D eigenvalue weighted by Crippen LogP contribution is 2.26. The quantitative estimate of drug-likeness (QED) is 0.609. The van der Waals surface area contributed by atoms with Gasteiger partial charge in [0.1, 0.15) is 18.3 Å². The lowest BCUT2D eigenvalue weighted by molar-refractivity contribution is -0.126. The molecule has 0 aromatic carbocycles. The SMILES string of the molecule is C#CC(CC1CCNC1=O)NC(=O)C1CCc2ccc(NCC(F)(F)F)c(=O)n21. The fourth-order valence-electron chi connectivity index (χ4n) is 3.72. The molecule has 1 saturated heterocycles. The first-order valence-corrected chi connectivity index (χ1v) is 9.29. The number of anilines is 1. The first-order valence-electron chi connectivity index (χ1n) is 9.29. The number of nitrogens with one attached hydrogen (secondary N) is 3. The summed E-state index contributed by atoms with van der Waals surface area (Å²) >= 11 is 0. The minimum Gasteiger partial charge on any atom is -0.372 e. The van der Waals surface area contributed by atoms with Crippen molar-refractivity contribution in [2.75, 3.05) is 18.4 Å². The van der Waals surface area contributed by atoms with Crippen molar-refractivity contribution in [1.29, 1.82) is 0 Å². The Kier molecular flexibility index (Phi) is 5.86. The van der Waals surface area contributed by atoms with Gasteiger partial charge in [-0.05, 0) is 37.8 Å². The molecule has 0 saturated carbocycles. The zero-order valence-corrected chi connectivity index (χ0v) is 15.5. The number of hydrogen-bond donors (Lipinski definition) is 3. The molecular weight excluding hydrogens is 389 g/mol. The summed E-state index contributed by atoms with van der Waals surface area (Å²) < 4.78 is 38.6. The highest BCUT2D eigenvalue weighted by Gasteiger charge is 2.33. The number of rotatable bonds is 6. The Labute approximate surface area is 165 Å². The molecule has 7 nitrogen and oxygen atoms in total. The molecule has 0 bridgehead atoms. The third-order valence-electron chi connectivity index (χ3n) is 5.17. The molecule has 10 heteroatoms. The Morgan fingerprint density at radius 3 is 2.72 bits per heavy atom. The average Bonchev–Trinajstić information content (AvgIpc) is 3.26. The zero-order chi connectivity index (χ0) is 21.2. The predicted molar refractivity (Wildman–Crippen MR) is 99.1 cm³/mol. The van der Waals surface area contributed by atoms with Gasteiger partial charge >= 0.3 is 6.18 Å². The number of nitrogens with zero attached hydrogens (tertiary/aromatic N) is 1. The fourth-order valence-corrected chi connectivity index (χ4v) is 3.72. The molecule has 0 aliphatic carbocycles. The minimum atomic E-state index is -4.47. The van der Waals surface area contributed by atoms with Crippen molar-refractivity contribution in [2.24, 2.45) is 5.92 Å². The van der Waals surface area contributed by atoms with E-state index in [1.807, 2.05) is 0 Å². The molecule has 156 valence electrons. The Morgan fingerprint density at radius 1 is 1.34 bits per heavy atom. The molecule has 2 aliphatic heterocycles. The molecule has 3 rings (SSSR count). The molecule has 2 aliphatic rings. The highest BCUT2D eigenvalue weighted by molar-refractivity contribution is 5.82. The summed E-state index contributed by atoms with van der Waals surface area (Å²) in [6.45, 7) is -0.783. The first-order chi connectivity index (χ1) is 13.7. The van der Waals surface area contributed by atoms with Crippen LogP contribution >= 0.6 is 0 Å². The molecule has 2 amide bonds. The van der Waals surface area contributed by atoms with Gasteiger partial charge in [-0.1, -0.05) is 5.92 Å². The molecule has 1 fully saturated rings. The second-order valence-electron chi connectivity index (χ2n) is 7.18. The number of carbonyl (C=O) groups excluding carboxylic acids is 2. The molecule has 3 heterocycles. The number of terminal acetylenes is 1. The number of aromatic nitrogens is 1. The summed E-state index contributed by atoms with van der Waals surface area (Å²) in [5.41, 5.74) is -0.334. The summed E-state index contributed by atoms with van der Waals surface area (Å²) in [4.78, 5) is 37.1. The second-order valence-corrected chi connectivity index (χ2v) is 7.18. The molecule has 0 spiro atoms. The van der Waals surface area contributed by atoms with E-state index < -0.39 is 36.3 Å². The zero-order valence-electron chi connectivity index (χ0n) is 15.5. The topological polar surface area (TPSA) is 92.2 Å². The maximum atomic E-state index is 12.7. The van der Waals surface area contributed by atoms with Crippen LogP contribution in [0.2, 0.25) is 0 Å². The number of hydrogen-bond acceptors (Lipinski definition) is 4. The van der Waals surface area contributed by atoms with Gasteiger partial charge in [-0.25, -0.2) is 0 Å². The van der Waals surface area contributed by atoms with Gasteiger partial charge in [0.15, 0.2) is 0 Å². The molecule has 1 aromatic rings. The lowest BCUT2D eigenvalue weighted by Gasteiger charge is -2.20. The number of fused-ring (bicyclic) bond motifs is 1. The van der Waals surface area contributed by atoms with Gasteiger partial charge in [0.05, 0.1) is 6.04 Å². The van der Waals surface area contributed by atoms with Crippen LogP contribution in [0, 0.1) is 18.3 Å². The van der Waals surface area contributed by atoms with Crippen LogP contribution in [0.1, 0.15) is 31.0 Å². The summed E-state index contributed by atoms with van der Waals surface area (Å²) in [6.07, 6.45) is 2.72. The van der Waals surface area contributed by atoms with Crippen molar-refractivity contribution in [3.63, 3.8) is 0 Å². The van der Waals surface area contributed by atoms with E-state index in [-0.39, 0.29) is 23.9 Å². The van der Waals surface area contributed by atoms with E-state index in [0.717, 1.165) is 0 Å². The van der Waals surface area contributed by atoms with Crippen LogP contribution in [0.15, 0.2) is 16.9 Å². The van der Waals surface area contributed by atoms with Crippen LogP contribution in [0.3, 0.4) is 0 Å². The van der Waals surface area contributed by atoms with E-state index in [2.05, 4.69) is 21.9 Å². The van der Waals surface area contributed by atoms with Gasteiger partial charge in [-0.15, -0.1) is 6.42 Å². The summed E-state index contributed by atoms with van der Waals surface area (Å²) in [6, 6.07) is 1.29. The van der Waals surface area contributed by atoms with Gasteiger partial charge in [-0.2, -0.15) is 13.2 Å². The third-order valence-corrected chi connectivity index (χ3v) is 5.17. The Bertz CT molecular complexity index is 903. The van der Waals surface area contributed by atoms with E-state index in [1.165, 1.54) is 16.7 Å². The largest absolute Gasteiger partial charge is 0.405 e. The number of carbonyl (C=O) groups is 2. The van der Waals surface area contributed by atoms with E-state index >= 15 is 0 Å². The Morgan fingerprint density at radius 2 is 2.10 bits per heavy atom. The van der Waals surface area contributed by atoms with Crippen LogP contribution in [-0.2, 0) is 16.0 Å². The number of amides is 2. The van der Waals surface area contributed by atoms with Crippen LogP contribution < -0.4 is 21.5 Å². The lowest BCUT2D eigenvalue weighted by atomic mass is 9.98. The summed E-state index contributed by atoms with van der Waals surface area (Å²) in [7, 11) is 0. The average molecular weight is 410 g/mol. The van der Waals surface area contributed by atoms with Crippen molar-refractivity contribution in [2.45, 2.75) is 43.9 Å². The van der Waals surface area contributed by atoms with Crippen LogP contribution in [0.25, 0.3) is 0 Å². The standard InChI is InChI=1S/C19H21F3N4O3/c1-2-12(9-11-7-8-23-16(11)27)25-17(28)15-6-4-13-3-5-14(18(29)26(13)15)24-10-19(20,21)22/h1,3,5,11-12,15,24H,4,6-10H2,(H,23,27)(H,25,28). The molecule has 1 aromatic heterocycles. The number of alkyl halides is 3. The Balaban J connectivity index is 1.73. The van der Waals surface area contributed by atoms with E-state index in [4.69, 9.17) is 6.42 Å². The van der Waals surface area contributed by atoms with Gasteiger partial charge in [0.2, 0.25) is 11.8 Å². The van der Waals surface area contributed by atoms with E-state index in [9.17, 15) is 27.6 Å². The molecule has 3 atom stereocenters. The molecule has 3 N–H and O–H groups in total. The maximum absolute atomic E-state index is 12.7. The minimum absolute atomic E-state index is 0.109. The third kappa shape index (κ3) is 4.72. The predicted octanol–water partition coefficient (Wildman–Crippen LogP) is 0.954. The van der Waals surface area contributed by atoms with E-state index in [1.54, 1.807) is 0 Å². The van der Waals surface area contributed by atoms with Crippen molar-refractivity contribution in [1.82, 2.24) is 15.2 Å². The fraction of sp³-hybridized carbons (Fsp3) is 0.526. The number of aryl methyl sites for hydroxylation is 1. The maximum Gasteiger partial charge on any atom is 0.405 e. The molecular formula is C19H21F3N4O3.